The number of nitrogens with one attached hydrogen (secondary N) is 1. The van der Waals surface area contributed by atoms with E-state index in [1.54, 1.807) is 35.1 Å². The lowest BCUT2D eigenvalue weighted by Crippen LogP contribution is -2.14. The maximum atomic E-state index is 12.4. The van der Waals surface area contributed by atoms with Crippen molar-refractivity contribution in [3.05, 3.63) is 60.0 Å². The highest BCUT2D eigenvalue weighted by Gasteiger charge is 2.16. The summed E-state index contributed by atoms with van der Waals surface area (Å²) in [5, 5.41) is 9.31. The fourth-order valence-electron chi connectivity index (χ4n) is 3.04. The van der Waals surface area contributed by atoms with Crippen LogP contribution < -0.4 is 14.8 Å². The fraction of sp³-hybridized carbons (Fsp3) is 0.100. The number of nitrogens with zero attached hydrogens (tertiary/aromatic N) is 4. The molecule has 3 heterocycles. The van der Waals surface area contributed by atoms with E-state index in [0.717, 1.165) is 11.1 Å². The molecular formula is C20H14ClN5O3S. The summed E-state index contributed by atoms with van der Waals surface area (Å²) in [7, 11) is 0. The summed E-state index contributed by atoms with van der Waals surface area (Å²) < 4.78 is 12.3. The number of amides is 1. The molecule has 0 fully saturated rings. The van der Waals surface area contributed by atoms with Crippen LogP contribution in [0.3, 0.4) is 0 Å². The molecule has 0 atom stereocenters. The van der Waals surface area contributed by atoms with Gasteiger partial charge in [-0.1, -0.05) is 29.4 Å². The third-order valence-corrected chi connectivity index (χ3v) is 5.62. The van der Waals surface area contributed by atoms with E-state index in [0.29, 0.717) is 32.9 Å². The Morgan fingerprint density at radius 3 is 2.97 bits per heavy atom. The number of carbonyl (C=O) groups excluding carboxylic acids is 1. The Morgan fingerprint density at radius 2 is 2.07 bits per heavy atom. The summed E-state index contributed by atoms with van der Waals surface area (Å²) in [5.41, 5.74) is 2.09. The van der Waals surface area contributed by atoms with Crippen LogP contribution in [0, 0.1) is 0 Å². The molecule has 0 saturated heterocycles. The lowest BCUT2D eigenvalue weighted by atomic mass is 10.3. The minimum Gasteiger partial charge on any atom is -0.454 e. The molecule has 0 spiro atoms. The molecule has 10 heteroatoms. The van der Waals surface area contributed by atoms with Crippen LogP contribution >= 0.6 is 23.4 Å². The Hall–Kier alpha value is -3.30. The fourth-order valence-corrected chi connectivity index (χ4v) is 3.99. The average Bonchev–Trinajstić information content (AvgIpc) is 3.39. The smallest absolute Gasteiger partial charge is 0.234 e. The number of fused-ring (bicyclic) bond motifs is 2. The van der Waals surface area contributed by atoms with E-state index in [2.05, 4.69) is 20.4 Å². The summed E-state index contributed by atoms with van der Waals surface area (Å²) in [6, 6.07) is 12.6. The molecule has 0 aliphatic carbocycles. The van der Waals surface area contributed by atoms with Crippen LogP contribution in [-0.2, 0) is 4.79 Å². The molecule has 0 saturated carbocycles. The second kappa shape index (κ2) is 7.85. The van der Waals surface area contributed by atoms with Crippen LogP contribution in [0.1, 0.15) is 0 Å². The van der Waals surface area contributed by atoms with Gasteiger partial charge in [0.25, 0.3) is 0 Å². The number of benzene rings is 2. The second-order valence-electron chi connectivity index (χ2n) is 6.36. The Kier molecular flexibility index (Phi) is 4.89. The van der Waals surface area contributed by atoms with Crippen molar-refractivity contribution >= 4 is 46.0 Å². The number of hydrogen-bond acceptors (Lipinski definition) is 7. The molecular weight excluding hydrogens is 426 g/mol. The van der Waals surface area contributed by atoms with Gasteiger partial charge >= 0.3 is 0 Å². The number of hydrogen-bond donors (Lipinski definition) is 1. The van der Waals surface area contributed by atoms with Crippen molar-refractivity contribution in [1.82, 2.24) is 19.7 Å². The average molecular weight is 440 g/mol. The molecule has 1 aliphatic heterocycles. The molecule has 1 aliphatic rings. The van der Waals surface area contributed by atoms with Crippen LogP contribution in [0.5, 0.6) is 11.5 Å². The first-order valence-corrected chi connectivity index (χ1v) is 10.3. The summed E-state index contributed by atoms with van der Waals surface area (Å²) in [4.78, 5) is 21.1. The molecule has 30 heavy (non-hydrogen) atoms. The molecule has 150 valence electrons. The summed E-state index contributed by atoms with van der Waals surface area (Å²) in [6.45, 7) is 0.190. The predicted molar refractivity (Wildman–Crippen MR) is 114 cm³/mol. The van der Waals surface area contributed by atoms with Gasteiger partial charge in [0.15, 0.2) is 17.1 Å². The van der Waals surface area contributed by atoms with Gasteiger partial charge in [-0.3, -0.25) is 4.79 Å². The topological polar surface area (TPSA) is 91.2 Å². The van der Waals surface area contributed by atoms with Gasteiger partial charge < -0.3 is 14.8 Å². The van der Waals surface area contributed by atoms with Crippen molar-refractivity contribution in [3.63, 3.8) is 0 Å². The highest BCUT2D eigenvalue weighted by atomic mass is 35.5. The minimum atomic E-state index is -0.159. The Morgan fingerprint density at radius 1 is 1.17 bits per heavy atom. The Labute approximate surface area is 180 Å². The first-order chi connectivity index (χ1) is 14.7. The highest BCUT2D eigenvalue weighted by Crippen LogP contribution is 2.34. The summed E-state index contributed by atoms with van der Waals surface area (Å²) in [6.07, 6.45) is 3.15. The molecule has 1 N–H and O–H groups in total. The van der Waals surface area contributed by atoms with Crippen molar-refractivity contribution in [2.45, 2.75) is 5.03 Å². The minimum absolute atomic E-state index is 0.159. The van der Waals surface area contributed by atoms with Crippen molar-refractivity contribution in [3.8, 4) is 17.2 Å². The lowest BCUT2D eigenvalue weighted by Gasteiger charge is -2.07. The van der Waals surface area contributed by atoms with Crippen LogP contribution in [-0.4, -0.2) is 38.2 Å². The number of halogens is 1. The maximum absolute atomic E-state index is 12.4. The molecule has 5 rings (SSSR count). The van der Waals surface area contributed by atoms with E-state index < -0.39 is 0 Å². The molecule has 4 aromatic rings. The van der Waals surface area contributed by atoms with E-state index in [9.17, 15) is 4.79 Å². The van der Waals surface area contributed by atoms with Gasteiger partial charge in [0.05, 0.1) is 23.0 Å². The number of anilines is 1. The van der Waals surface area contributed by atoms with Crippen LogP contribution in [0.15, 0.2) is 60.0 Å². The van der Waals surface area contributed by atoms with Gasteiger partial charge in [0.1, 0.15) is 11.4 Å². The zero-order valence-electron chi connectivity index (χ0n) is 15.4. The quantitative estimate of drug-likeness (QED) is 0.372. The molecule has 0 radical (unpaired) electrons. The molecule has 1 amide bonds. The zero-order valence-corrected chi connectivity index (χ0v) is 17.0. The van der Waals surface area contributed by atoms with Crippen molar-refractivity contribution in [2.24, 2.45) is 0 Å². The Balaban J connectivity index is 1.31. The van der Waals surface area contributed by atoms with Gasteiger partial charge in [0.2, 0.25) is 12.7 Å². The van der Waals surface area contributed by atoms with Crippen LogP contribution in [0.4, 0.5) is 5.69 Å². The van der Waals surface area contributed by atoms with E-state index in [1.165, 1.54) is 18.1 Å². The van der Waals surface area contributed by atoms with Gasteiger partial charge in [-0.15, -0.1) is 0 Å². The molecule has 8 nitrogen and oxygen atoms in total. The van der Waals surface area contributed by atoms with Crippen LogP contribution in [0.25, 0.3) is 16.7 Å². The first kappa shape index (κ1) is 18.7. The largest absolute Gasteiger partial charge is 0.454 e. The second-order valence-corrected chi connectivity index (χ2v) is 7.76. The lowest BCUT2D eigenvalue weighted by molar-refractivity contribution is -0.113. The number of ether oxygens (including phenoxy) is 2. The summed E-state index contributed by atoms with van der Waals surface area (Å²) in [5.74, 6) is 1.31. The van der Waals surface area contributed by atoms with Crippen molar-refractivity contribution in [2.75, 3.05) is 17.9 Å². The highest BCUT2D eigenvalue weighted by molar-refractivity contribution is 8.00. The van der Waals surface area contributed by atoms with Crippen molar-refractivity contribution in [1.29, 1.82) is 0 Å². The monoisotopic (exact) mass is 439 g/mol. The normalized spacial score (nSPS) is 12.3. The van der Waals surface area contributed by atoms with Gasteiger partial charge in [-0.2, -0.15) is 5.10 Å². The van der Waals surface area contributed by atoms with Crippen LogP contribution in [0.2, 0.25) is 5.02 Å². The molecule has 2 aromatic heterocycles. The van der Waals surface area contributed by atoms with E-state index >= 15 is 0 Å². The summed E-state index contributed by atoms with van der Waals surface area (Å²) >= 11 is 7.41. The third kappa shape index (κ3) is 3.64. The van der Waals surface area contributed by atoms with Gasteiger partial charge in [-0.05, 0) is 30.3 Å². The van der Waals surface area contributed by atoms with E-state index in [1.807, 2.05) is 18.2 Å². The van der Waals surface area contributed by atoms with E-state index in [-0.39, 0.29) is 18.5 Å². The maximum Gasteiger partial charge on any atom is 0.234 e. The molecule has 0 unspecified atom stereocenters. The third-order valence-electron chi connectivity index (χ3n) is 4.38. The predicted octanol–water partition coefficient (Wildman–Crippen LogP) is 3.93. The number of thioether (sulfide) groups is 1. The molecule has 2 aromatic carbocycles. The zero-order chi connectivity index (χ0) is 20.5. The SMILES string of the molecule is O=C(CSc1ncnc2c1cnn2-c1cccc(Cl)c1)Nc1ccc2c(c1)OCO2. The van der Waals surface area contributed by atoms with E-state index in [4.69, 9.17) is 21.1 Å². The number of aromatic nitrogens is 4. The number of carbonyl (C=O) groups is 1. The first-order valence-electron chi connectivity index (χ1n) is 8.94. The van der Waals surface area contributed by atoms with Crippen molar-refractivity contribution < 1.29 is 14.3 Å². The van der Waals surface area contributed by atoms with Gasteiger partial charge in [0, 0.05) is 16.8 Å². The van der Waals surface area contributed by atoms with Gasteiger partial charge in [-0.25, -0.2) is 14.6 Å². The standard InChI is InChI=1S/C20H14ClN5O3S/c21-12-2-1-3-14(6-12)26-19-15(8-24-26)20(23-10-22-19)30-9-18(27)25-13-4-5-16-17(7-13)29-11-28-16/h1-8,10H,9,11H2,(H,25,27). The molecule has 0 bridgehead atoms. The number of rotatable bonds is 5. The Bertz CT molecular complexity index is 1260.